The van der Waals surface area contributed by atoms with Crippen molar-refractivity contribution in [2.45, 2.75) is 19.8 Å². The van der Waals surface area contributed by atoms with Crippen LogP contribution in [-0.4, -0.2) is 23.5 Å². The number of carbonyl (C=O) groups is 2. The topological polar surface area (TPSA) is 57.6 Å². The molecule has 1 aromatic rings. The third-order valence-electron chi connectivity index (χ3n) is 3.14. The molecule has 1 N–H and O–H groups in total. The van der Waals surface area contributed by atoms with Crippen LogP contribution in [0.3, 0.4) is 0 Å². The van der Waals surface area contributed by atoms with Gasteiger partial charge < -0.3 is 10.0 Å². The Balaban J connectivity index is 2.17. The Morgan fingerprint density at radius 2 is 1.94 bits per heavy atom. The Morgan fingerprint density at radius 1 is 1.33 bits per heavy atom. The summed E-state index contributed by atoms with van der Waals surface area (Å²) in [6.07, 6.45) is 1.84. The molecule has 0 aromatic heterocycles. The molecule has 0 spiro atoms. The molecular weight excluding hydrogens is 230 g/mol. The van der Waals surface area contributed by atoms with Crippen LogP contribution in [-0.2, 0) is 9.59 Å². The molecule has 0 saturated heterocycles. The lowest BCUT2D eigenvalue weighted by molar-refractivity contribution is -0.140. The van der Waals surface area contributed by atoms with E-state index in [0.29, 0.717) is 0 Å². The predicted octanol–water partition coefficient (Wildman–Crippen LogP) is 2.15. The van der Waals surface area contributed by atoms with Crippen molar-refractivity contribution in [3.8, 4) is 0 Å². The minimum Gasteiger partial charge on any atom is -0.481 e. The number of hydrogen-bond donors (Lipinski definition) is 1. The standard InChI is InChI=1S/C14H17NO3/c1-10(14(17)18)9-15(13(16)11-7-8-11)12-5-3-2-4-6-12/h2-6,10-11H,7-9H2,1H3,(H,17,18). The maximum absolute atomic E-state index is 12.2. The summed E-state index contributed by atoms with van der Waals surface area (Å²) in [5, 5.41) is 8.98. The highest BCUT2D eigenvalue weighted by molar-refractivity contribution is 5.96. The van der Waals surface area contributed by atoms with Gasteiger partial charge >= 0.3 is 5.97 Å². The lowest BCUT2D eigenvalue weighted by Crippen LogP contribution is -2.37. The Bertz CT molecular complexity index is 440. The van der Waals surface area contributed by atoms with Crippen molar-refractivity contribution in [2.24, 2.45) is 11.8 Å². The molecule has 1 aromatic carbocycles. The van der Waals surface area contributed by atoms with Gasteiger partial charge in [-0.25, -0.2) is 0 Å². The fourth-order valence-electron chi connectivity index (χ4n) is 1.83. The fraction of sp³-hybridized carbons (Fsp3) is 0.429. The second kappa shape index (κ2) is 5.21. The predicted molar refractivity (Wildman–Crippen MR) is 68.3 cm³/mol. The van der Waals surface area contributed by atoms with Crippen LogP contribution < -0.4 is 4.90 Å². The highest BCUT2D eigenvalue weighted by Crippen LogP contribution is 2.33. The molecule has 18 heavy (non-hydrogen) atoms. The van der Waals surface area contributed by atoms with Gasteiger partial charge in [0, 0.05) is 18.2 Å². The number of anilines is 1. The number of nitrogens with zero attached hydrogens (tertiary/aromatic N) is 1. The quantitative estimate of drug-likeness (QED) is 0.867. The number of hydrogen-bond acceptors (Lipinski definition) is 2. The van der Waals surface area contributed by atoms with E-state index in [1.165, 1.54) is 0 Å². The van der Waals surface area contributed by atoms with Crippen molar-refractivity contribution in [1.29, 1.82) is 0 Å². The van der Waals surface area contributed by atoms with Crippen LogP contribution in [0.2, 0.25) is 0 Å². The molecule has 1 amide bonds. The van der Waals surface area contributed by atoms with Gasteiger partial charge in [0.05, 0.1) is 5.92 Å². The molecule has 0 heterocycles. The van der Waals surface area contributed by atoms with Crippen LogP contribution in [0.1, 0.15) is 19.8 Å². The van der Waals surface area contributed by atoms with Crippen LogP contribution >= 0.6 is 0 Å². The maximum atomic E-state index is 12.2. The van der Waals surface area contributed by atoms with Gasteiger partial charge in [-0.2, -0.15) is 0 Å². The van der Waals surface area contributed by atoms with Gasteiger partial charge in [0.25, 0.3) is 0 Å². The van der Waals surface area contributed by atoms with E-state index < -0.39 is 11.9 Å². The first kappa shape index (κ1) is 12.6. The molecule has 1 aliphatic carbocycles. The summed E-state index contributed by atoms with van der Waals surface area (Å²) >= 11 is 0. The number of aliphatic carboxylic acids is 1. The van der Waals surface area contributed by atoms with E-state index in [1.54, 1.807) is 11.8 Å². The zero-order chi connectivity index (χ0) is 13.1. The second-order valence-electron chi connectivity index (χ2n) is 4.80. The Kier molecular flexibility index (Phi) is 3.65. The zero-order valence-electron chi connectivity index (χ0n) is 10.4. The largest absolute Gasteiger partial charge is 0.481 e. The maximum Gasteiger partial charge on any atom is 0.308 e. The van der Waals surface area contributed by atoms with Crippen molar-refractivity contribution in [2.75, 3.05) is 11.4 Å². The number of carboxylic acid groups (broad SMARTS) is 1. The van der Waals surface area contributed by atoms with Gasteiger partial charge in [-0.3, -0.25) is 9.59 Å². The first-order valence-corrected chi connectivity index (χ1v) is 6.19. The number of para-hydroxylation sites is 1. The van der Waals surface area contributed by atoms with E-state index >= 15 is 0 Å². The molecule has 1 atom stereocenters. The first-order chi connectivity index (χ1) is 8.59. The van der Waals surface area contributed by atoms with Gasteiger partial charge in [-0.05, 0) is 25.0 Å². The van der Waals surface area contributed by atoms with E-state index in [9.17, 15) is 9.59 Å². The van der Waals surface area contributed by atoms with Crippen molar-refractivity contribution in [1.82, 2.24) is 0 Å². The fourth-order valence-corrected chi connectivity index (χ4v) is 1.83. The van der Waals surface area contributed by atoms with Gasteiger partial charge in [0.15, 0.2) is 0 Å². The molecule has 2 rings (SSSR count). The summed E-state index contributed by atoms with van der Waals surface area (Å²) in [4.78, 5) is 24.7. The minimum absolute atomic E-state index is 0.0503. The smallest absolute Gasteiger partial charge is 0.308 e. The van der Waals surface area contributed by atoms with Crippen molar-refractivity contribution in [3.63, 3.8) is 0 Å². The van der Waals surface area contributed by atoms with E-state index in [2.05, 4.69) is 0 Å². The van der Waals surface area contributed by atoms with E-state index in [1.807, 2.05) is 30.3 Å². The zero-order valence-corrected chi connectivity index (χ0v) is 10.4. The summed E-state index contributed by atoms with van der Waals surface area (Å²) in [6.45, 7) is 1.85. The Hall–Kier alpha value is -1.84. The molecule has 96 valence electrons. The third-order valence-corrected chi connectivity index (χ3v) is 3.14. The number of benzene rings is 1. The number of carboxylic acids is 1. The highest BCUT2D eigenvalue weighted by atomic mass is 16.4. The molecule has 1 aliphatic rings. The summed E-state index contributed by atoms with van der Waals surface area (Å²) < 4.78 is 0. The third kappa shape index (κ3) is 2.88. The second-order valence-corrected chi connectivity index (χ2v) is 4.80. The van der Waals surface area contributed by atoms with Crippen LogP contribution in [0.25, 0.3) is 0 Å². The molecule has 0 bridgehead atoms. The lowest BCUT2D eigenvalue weighted by atomic mass is 10.1. The molecule has 0 radical (unpaired) electrons. The van der Waals surface area contributed by atoms with Crippen molar-refractivity contribution in [3.05, 3.63) is 30.3 Å². The van der Waals surface area contributed by atoms with Gasteiger partial charge in [0.1, 0.15) is 0 Å². The van der Waals surface area contributed by atoms with Gasteiger partial charge in [-0.1, -0.05) is 25.1 Å². The molecule has 4 heteroatoms. The average Bonchev–Trinajstić information content (AvgIpc) is 3.20. The molecule has 1 saturated carbocycles. The normalized spacial score (nSPS) is 16.1. The summed E-state index contributed by atoms with van der Waals surface area (Å²) in [7, 11) is 0. The summed E-state index contributed by atoms with van der Waals surface area (Å²) in [6, 6.07) is 9.27. The number of carbonyl (C=O) groups excluding carboxylic acids is 1. The molecule has 1 unspecified atom stereocenters. The van der Waals surface area contributed by atoms with Crippen LogP contribution in [0.5, 0.6) is 0 Å². The average molecular weight is 247 g/mol. The Morgan fingerprint density at radius 3 is 2.44 bits per heavy atom. The van der Waals surface area contributed by atoms with Crippen LogP contribution in [0.15, 0.2) is 30.3 Å². The van der Waals surface area contributed by atoms with E-state index in [0.717, 1.165) is 18.5 Å². The van der Waals surface area contributed by atoms with Crippen LogP contribution in [0.4, 0.5) is 5.69 Å². The Labute approximate surface area is 106 Å². The minimum atomic E-state index is -0.875. The highest BCUT2D eigenvalue weighted by Gasteiger charge is 2.35. The van der Waals surface area contributed by atoms with Gasteiger partial charge in [-0.15, -0.1) is 0 Å². The van der Waals surface area contributed by atoms with E-state index in [-0.39, 0.29) is 18.4 Å². The summed E-state index contributed by atoms with van der Waals surface area (Å²) in [5.74, 6) is -1.30. The van der Waals surface area contributed by atoms with Crippen molar-refractivity contribution < 1.29 is 14.7 Å². The molecular formula is C14H17NO3. The number of rotatable bonds is 5. The van der Waals surface area contributed by atoms with Crippen LogP contribution in [0, 0.1) is 11.8 Å². The molecule has 4 nitrogen and oxygen atoms in total. The van der Waals surface area contributed by atoms with Crippen molar-refractivity contribution >= 4 is 17.6 Å². The number of amides is 1. The van der Waals surface area contributed by atoms with E-state index in [4.69, 9.17) is 5.11 Å². The van der Waals surface area contributed by atoms with Gasteiger partial charge in [0.2, 0.25) is 5.91 Å². The SMILES string of the molecule is CC(CN(C(=O)C1CC1)c1ccccc1)C(=O)O. The molecule has 0 aliphatic heterocycles. The molecule has 1 fully saturated rings. The monoisotopic (exact) mass is 247 g/mol. The first-order valence-electron chi connectivity index (χ1n) is 6.19. The lowest BCUT2D eigenvalue weighted by Gasteiger charge is -2.24. The summed E-state index contributed by atoms with van der Waals surface area (Å²) in [5.41, 5.74) is 0.780.